The molecule has 0 aliphatic rings. The monoisotopic (exact) mass is 446 g/mol. The Hall–Kier alpha value is -2.70. The molecule has 27 heavy (non-hydrogen) atoms. The molecule has 0 saturated heterocycles. The Kier molecular flexibility index (Phi) is 5.88. The molecule has 0 unspecified atom stereocenters. The summed E-state index contributed by atoms with van der Waals surface area (Å²) in [5, 5.41) is 12.9. The van der Waals surface area contributed by atoms with Crippen molar-refractivity contribution in [2.24, 2.45) is 4.99 Å². The number of nitrogens with one attached hydrogen (secondary N) is 1. The van der Waals surface area contributed by atoms with Crippen molar-refractivity contribution >= 4 is 51.0 Å². The van der Waals surface area contributed by atoms with Crippen molar-refractivity contribution in [3.63, 3.8) is 0 Å². The van der Waals surface area contributed by atoms with Gasteiger partial charge in [-0.25, -0.2) is 4.39 Å². The topological polar surface area (TPSA) is 61.7 Å². The van der Waals surface area contributed by atoms with Gasteiger partial charge in [-0.3, -0.25) is 9.79 Å². The highest BCUT2D eigenvalue weighted by Crippen LogP contribution is 2.30. The summed E-state index contributed by atoms with van der Waals surface area (Å²) in [4.78, 5) is 16.5. The SMILES string of the molecule is O=C(Nc1cccc(N=Cc2cc(Br)cc(Cl)c2O)c1)c1ccc(F)cc1. The third kappa shape index (κ3) is 4.93. The summed E-state index contributed by atoms with van der Waals surface area (Å²) in [6.07, 6.45) is 1.48. The van der Waals surface area contributed by atoms with Crippen LogP contribution in [0.4, 0.5) is 15.8 Å². The van der Waals surface area contributed by atoms with Crippen molar-refractivity contribution < 1.29 is 14.3 Å². The van der Waals surface area contributed by atoms with Crippen molar-refractivity contribution in [1.29, 1.82) is 0 Å². The summed E-state index contributed by atoms with van der Waals surface area (Å²) in [5.74, 6) is -0.823. The average Bonchev–Trinajstić information content (AvgIpc) is 2.64. The number of rotatable bonds is 4. The summed E-state index contributed by atoms with van der Waals surface area (Å²) in [7, 11) is 0. The number of phenols is 1. The van der Waals surface area contributed by atoms with Gasteiger partial charge in [0.1, 0.15) is 11.6 Å². The molecule has 0 aliphatic carbocycles. The zero-order valence-electron chi connectivity index (χ0n) is 13.8. The van der Waals surface area contributed by atoms with Gasteiger partial charge in [0, 0.05) is 27.5 Å². The quantitative estimate of drug-likeness (QED) is 0.485. The number of halogens is 3. The maximum Gasteiger partial charge on any atom is 0.255 e. The molecule has 3 aromatic rings. The number of anilines is 1. The van der Waals surface area contributed by atoms with Crippen LogP contribution < -0.4 is 5.32 Å². The van der Waals surface area contributed by atoms with E-state index in [1.54, 1.807) is 36.4 Å². The normalized spacial score (nSPS) is 10.9. The summed E-state index contributed by atoms with van der Waals surface area (Å²) < 4.78 is 13.7. The van der Waals surface area contributed by atoms with E-state index in [1.807, 2.05) is 0 Å². The molecule has 0 saturated carbocycles. The second kappa shape index (κ2) is 8.33. The number of carbonyl (C=O) groups excluding carboxylic acids is 1. The predicted octanol–water partition coefficient (Wildman–Crippen LogP) is 5.95. The highest BCUT2D eigenvalue weighted by Gasteiger charge is 2.07. The number of carbonyl (C=O) groups is 1. The first-order valence-electron chi connectivity index (χ1n) is 7.81. The molecule has 1 amide bonds. The van der Waals surface area contributed by atoms with Crippen LogP contribution in [0.25, 0.3) is 0 Å². The van der Waals surface area contributed by atoms with Crippen LogP contribution in [0.5, 0.6) is 5.75 Å². The minimum absolute atomic E-state index is 0.0654. The smallest absolute Gasteiger partial charge is 0.255 e. The fourth-order valence-electron chi connectivity index (χ4n) is 2.30. The molecular weight excluding hydrogens is 435 g/mol. The highest BCUT2D eigenvalue weighted by atomic mass is 79.9. The van der Waals surface area contributed by atoms with Gasteiger partial charge in [-0.1, -0.05) is 33.6 Å². The number of nitrogens with zero attached hydrogens (tertiary/aromatic N) is 1. The van der Waals surface area contributed by atoms with E-state index < -0.39 is 5.82 Å². The van der Waals surface area contributed by atoms with Gasteiger partial charge >= 0.3 is 0 Å². The van der Waals surface area contributed by atoms with Crippen molar-refractivity contribution in [3.8, 4) is 5.75 Å². The lowest BCUT2D eigenvalue weighted by atomic mass is 10.2. The summed E-state index contributed by atoms with van der Waals surface area (Å²) in [5.41, 5.74) is 1.91. The molecule has 0 spiro atoms. The molecule has 2 N–H and O–H groups in total. The standard InChI is InChI=1S/C20H13BrClFN2O2/c21-14-8-13(19(26)18(22)9-14)11-24-16-2-1-3-17(10-16)25-20(27)12-4-6-15(23)7-5-12/h1-11,26H,(H,25,27). The number of hydrogen-bond acceptors (Lipinski definition) is 3. The molecule has 0 fully saturated rings. The molecule has 0 radical (unpaired) electrons. The van der Waals surface area contributed by atoms with E-state index in [-0.39, 0.29) is 16.7 Å². The first-order valence-corrected chi connectivity index (χ1v) is 8.98. The minimum Gasteiger partial charge on any atom is -0.506 e. The van der Waals surface area contributed by atoms with E-state index in [9.17, 15) is 14.3 Å². The fourth-order valence-corrected chi connectivity index (χ4v) is 3.13. The third-order valence-electron chi connectivity index (χ3n) is 3.62. The number of phenolic OH excluding ortho intramolecular Hbond substituents is 1. The summed E-state index contributed by atoms with van der Waals surface area (Å²) >= 11 is 9.25. The van der Waals surface area contributed by atoms with Crippen LogP contribution in [0.3, 0.4) is 0 Å². The van der Waals surface area contributed by atoms with Gasteiger partial charge in [0.15, 0.2) is 0 Å². The molecule has 136 valence electrons. The Balaban J connectivity index is 1.78. The van der Waals surface area contributed by atoms with E-state index in [1.165, 1.54) is 30.5 Å². The lowest BCUT2D eigenvalue weighted by Crippen LogP contribution is -2.11. The van der Waals surface area contributed by atoms with Crippen molar-refractivity contribution in [3.05, 3.63) is 87.1 Å². The molecule has 0 heterocycles. The van der Waals surface area contributed by atoms with E-state index in [0.717, 1.165) is 0 Å². The zero-order valence-corrected chi connectivity index (χ0v) is 16.1. The first kappa shape index (κ1) is 19.1. The molecular formula is C20H13BrClFN2O2. The van der Waals surface area contributed by atoms with Gasteiger partial charge < -0.3 is 10.4 Å². The molecule has 0 aromatic heterocycles. The molecule has 3 aromatic carbocycles. The Morgan fingerprint density at radius 2 is 1.89 bits per heavy atom. The van der Waals surface area contributed by atoms with Gasteiger partial charge in [-0.15, -0.1) is 0 Å². The average molecular weight is 448 g/mol. The van der Waals surface area contributed by atoms with Gasteiger partial charge in [-0.05, 0) is 54.6 Å². The minimum atomic E-state index is -0.404. The second-order valence-corrected chi connectivity index (χ2v) is 6.92. The highest BCUT2D eigenvalue weighted by molar-refractivity contribution is 9.10. The number of amides is 1. The number of aromatic hydroxyl groups is 1. The van der Waals surface area contributed by atoms with Crippen LogP contribution in [-0.2, 0) is 0 Å². The van der Waals surface area contributed by atoms with Crippen LogP contribution in [0.15, 0.2) is 70.1 Å². The van der Waals surface area contributed by atoms with Crippen molar-refractivity contribution in [2.45, 2.75) is 0 Å². The molecule has 0 aliphatic heterocycles. The van der Waals surface area contributed by atoms with Crippen molar-refractivity contribution in [1.82, 2.24) is 0 Å². The van der Waals surface area contributed by atoms with E-state index in [0.29, 0.717) is 27.0 Å². The molecule has 3 rings (SSSR count). The van der Waals surface area contributed by atoms with Crippen LogP contribution in [-0.4, -0.2) is 17.2 Å². The molecule has 7 heteroatoms. The zero-order chi connectivity index (χ0) is 19.4. The van der Waals surface area contributed by atoms with Gasteiger partial charge in [0.2, 0.25) is 0 Å². The fraction of sp³-hybridized carbons (Fsp3) is 0. The Bertz CT molecular complexity index is 1020. The van der Waals surface area contributed by atoms with Crippen LogP contribution in [0.1, 0.15) is 15.9 Å². The van der Waals surface area contributed by atoms with Crippen LogP contribution in [0, 0.1) is 5.82 Å². The van der Waals surface area contributed by atoms with Gasteiger partial charge in [-0.2, -0.15) is 0 Å². The lowest BCUT2D eigenvalue weighted by Gasteiger charge is -2.06. The second-order valence-electron chi connectivity index (χ2n) is 5.59. The molecule has 4 nitrogen and oxygen atoms in total. The maximum absolute atomic E-state index is 13.0. The van der Waals surface area contributed by atoms with E-state index in [4.69, 9.17) is 11.6 Å². The third-order valence-corrected chi connectivity index (χ3v) is 4.37. The predicted molar refractivity (Wildman–Crippen MR) is 109 cm³/mol. The maximum atomic E-state index is 13.0. The lowest BCUT2D eigenvalue weighted by molar-refractivity contribution is 0.102. The van der Waals surface area contributed by atoms with E-state index >= 15 is 0 Å². The number of aliphatic imine (C=N–C) groups is 1. The summed E-state index contributed by atoms with van der Waals surface area (Å²) in [6, 6.07) is 15.4. The number of hydrogen-bond donors (Lipinski definition) is 2. The Morgan fingerprint density at radius 3 is 2.63 bits per heavy atom. The van der Waals surface area contributed by atoms with Gasteiger partial charge in [0.25, 0.3) is 5.91 Å². The van der Waals surface area contributed by atoms with Crippen LogP contribution in [0.2, 0.25) is 5.02 Å². The summed E-state index contributed by atoms with van der Waals surface area (Å²) in [6.45, 7) is 0. The molecule has 0 atom stereocenters. The Morgan fingerprint density at radius 1 is 1.15 bits per heavy atom. The van der Waals surface area contributed by atoms with E-state index in [2.05, 4.69) is 26.2 Å². The van der Waals surface area contributed by atoms with Gasteiger partial charge in [0.05, 0.1) is 10.7 Å². The number of benzene rings is 3. The van der Waals surface area contributed by atoms with Crippen LogP contribution >= 0.6 is 27.5 Å². The Labute approximate surface area is 168 Å². The largest absolute Gasteiger partial charge is 0.506 e. The first-order chi connectivity index (χ1) is 12.9. The molecule has 0 bridgehead atoms. The van der Waals surface area contributed by atoms with Crippen molar-refractivity contribution in [2.75, 3.05) is 5.32 Å².